The van der Waals surface area contributed by atoms with Crippen molar-refractivity contribution in [2.75, 3.05) is 13.7 Å². The first-order valence-electron chi connectivity index (χ1n) is 10.9. The molecule has 2 heterocycles. The Morgan fingerprint density at radius 1 is 1.06 bits per heavy atom. The first-order chi connectivity index (χ1) is 15.7. The van der Waals surface area contributed by atoms with E-state index in [9.17, 15) is 4.79 Å². The highest BCUT2D eigenvalue weighted by Crippen LogP contribution is 2.36. The van der Waals surface area contributed by atoms with E-state index in [-0.39, 0.29) is 5.91 Å². The van der Waals surface area contributed by atoms with E-state index in [1.807, 2.05) is 53.9 Å². The van der Waals surface area contributed by atoms with Gasteiger partial charge in [0.2, 0.25) is 5.89 Å². The van der Waals surface area contributed by atoms with E-state index in [0.29, 0.717) is 29.8 Å². The number of hydrogen-bond donors (Lipinski definition) is 1. The number of hydrogen-bond acceptors (Lipinski definition) is 6. The summed E-state index contributed by atoms with van der Waals surface area (Å²) >= 11 is 1.60. The third-order valence-electron chi connectivity index (χ3n) is 6.27. The van der Waals surface area contributed by atoms with Crippen molar-refractivity contribution in [1.82, 2.24) is 15.5 Å². The minimum Gasteiger partial charge on any atom is -0.496 e. The molecule has 0 bridgehead atoms. The Labute approximate surface area is 190 Å². The third kappa shape index (κ3) is 4.12. The van der Waals surface area contributed by atoms with E-state index in [2.05, 4.69) is 15.5 Å². The normalized spacial score (nSPS) is 18.5. The lowest BCUT2D eigenvalue weighted by Crippen LogP contribution is -2.31. The molecule has 2 aromatic carbocycles. The Bertz CT molecular complexity index is 1210. The van der Waals surface area contributed by atoms with Gasteiger partial charge in [-0.15, -0.1) is 21.5 Å². The number of carbonyl (C=O) groups is 1. The van der Waals surface area contributed by atoms with Crippen LogP contribution in [0, 0.1) is 5.92 Å². The van der Waals surface area contributed by atoms with E-state index in [4.69, 9.17) is 9.15 Å². The number of rotatable bonds is 6. The highest BCUT2D eigenvalue weighted by Gasteiger charge is 2.27. The van der Waals surface area contributed by atoms with Crippen molar-refractivity contribution in [3.05, 3.63) is 65.4 Å². The van der Waals surface area contributed by atoms with Crippen LogP contribution in [0.25, 0.3) is 21.5 Å². The summed E-state index contributed by atoms with van der Waals surface area (Å²) in [7, 11) is 1.65. The summed E-state index contributed by atoms with van der Waals surface area (Å²) in [5, 5.41) is 15.5. The van der Waals surface area contributed by atoms with Gasteiger partial charge in [0, 0.05) is 23.4 Å². The molecule has 0 unspecified atom stereocenters. The number of amides is 1. The molecule has 32 heavy (non-hydrogen) atoms. The van der Waals surface area contributed by atoms with Gasteiger partial charge in [0.1, 0.15) is 5.75 Å². The zero-order valence-corrected chi connectivity index (χ0v) is 18.7. The molecule has 1 aliphatic rings. The summed E-state index contributed by atoms with van der Waals surface area (Å²) < 4.78 is 11.4. The molecule has 0 aliphatic heterocycles. The number of ether oxygens (including phenoxy) is 1. The van der Waals surface area contributed by atoms with E-state index in [0.717, 1.165) is 53.0 Å². The van der Waals surface area contributed by atoms with Gasteiger partial charge in [-0.3, -0.25) is 4.79 Å². The Morgan fingerprint density at radius 2 is 1.88 bits per heavy atom. The third-order valence-corrected chi connectivity index (χ3v) is 7.13. The highest BCUT2D eigenvalue weighted by molar-refractivity contribution is 7.13. The van der Waals surface area contributed by atoms with Crippen LogP contribution >= 0.6 is 11.3 Å². The fourth-order valence-electron chi connectivity index (χ4n) is 4.49. The van der Waals surface area contributed by atoms with Gasteiger partial charge in [-0.05, 0) is 60.6 Å². The van der Waals surface area contributed by atoms with Gasteiger partial charge >= 0.3 is 0 Å². The van der Waals surface area contributed by atoms with Crippen molar-refractivity contribution in [2.45, 2.75) is 31.6 Å². The van der Waals surface area contributed by atoms with Crippen molar-refractivity contribution in [3.63, 3.8) is 0 Å². The van der Waals surface area contributed by atoms with E-state index < -0.39 is 0 Å². The molecule has 1 N–H and O–H groups in total. The molecule has 7 heteroatoms. The lowest BCUT2D eigenvalue weighted by Gasteiger charge is -2.26. The number of thiophene rings is 1. The van der Waals surface area contributed by atoms with E-state index in [1.165, 1.54) is 0 Å². The summed E-state index contributed by atoms with van der Waals surface area (Å²) in [5.74, 6) is 2.84. The molecule has 6 nitrogen and oxygen atoms in total. The predicted octanol–water partition coefficient (Wildman–Crippen LogP) is 5.66. The number of nitrogens with zero attached hydrogens (tertiary/aromatic N) is 2. The molecule has 1 saturated carbocycles. The zero-order chi connectivity index (χ0) is 21.9. The molecular weight excluding hydrogens is 422 g/mol. The second-order valence-corrected chi connectivity index (χ2v) is 9.16. The molecule has 0 radical (unpaired) electrons. The second kappa shape index (κ2) is 9.12. The van der Waals surface area contributed by atoms with Crippen LogP contribution in [-0.2, 0) is 0 Å². The minimum atomic E-state index is -0.0385. The fourth-order valence-corrected chi connectivity index (χ4v) is 5.14. The van der Waals surface area contributed by atoms with Crippen LogP contribution in [0.5, 0.6) is 5.75 Å². The smallest absolute Gasteiger partial charge is 0.257 e. The quantitative estimate of drug-likeness (QED) is 0.412. The Morgan fingerprint density at radius 3 is 2.62 bits per heavy atom. The maximum atomic E-state index is 12.9. The van der Waals surface area contributed by atoms with E-state index in [1.54, 1.807) is 18.4 Å². The number of aromatic nitrogens is 2. The maximum Gasteiger partial charge on any atom is 0.257 e. The molecule has 0 atom stereocenters. The van der Waals surface area contributed by atoms with Crippen LogP contribution in [-0.4, -0.2) is 29.8 Å². The Kier molecular flexibility index (Phi) is 5.90. The van der Waals surface area contributed by atoms with Crippen molar-refractivity contribution in [2.24, 2.45) is 5.92 Å². The molecule has 0 saturated heterocycles. The fraction of sp³-hybridized carbons (Fsp3) is 0.320. The van der Waals surface area contributed by atoms with Gasteiger partial charge in [0.25, 0.3) is 11.8 Å². The van der Waals surface area contributed by atoms with Gasteiger partial charge in [0.15, 0.2) is 0 Å². The standard InChI is InChI=1S/C25H25N3O3S/c1-30-21-13-12-20(18-5-2-3-6-19(18)21)23(29)26-15-16-8-10-17(11-9-16)24-27-28-25(31-24)22-7-4-14-32-22/h2-7,12-14,16-17H,8-11,15H2,1H3,(H,26,29). The van der Waals surface area contributed by atoms with Crippen LogP contribution < -0.4 is 10.1 Å². The highest BCUT2D eigenvalue weighted by atomic mass is 32.1. The monoisotopic (exact) mass is 447 g/mol. The van der Waals surface area contributed by atoms with Crippen molar-refractivity contribution >= 4 is 28.0 Å². The van der Waals surface area contributed by atoms with Crippen molar-refractivity contribution < 1.29 is 13.9 Å². The van der Waals surface area contributed by atoms with Crippen LogP contribution in [0.15, 0.2) is 58.3 Å². The maximum absolute atomic E-state index is 12.9. The predicted molar refractivity (Wildman–Crippen MR) is 125 cm³/mol. The summed E-state index contributed by atoms with van der Waals surface area (Å²) in [5.41, 5.74) is 0.682. The topological polar surface area (TPSA) is 77.2 Å². The molecule has 1 amide bonds. The van der Waals surface area contributed by atoms with Gasteiger partial charge in [0.05, 0.1) is 12.0 Å². The lowest BCUT2D eigenvalue weighted by molar-refractivity contribution is 0.0944. The first kappa shape index (κ1) is 20.7. The van der Waals surface area contributed by atoms with Crippen LogP contribution in [0.3, 0.4) is 0 Å². The van der Waals surface area contributed by atoms with Gasteiger partial charge in [-0.2, -0.15) is 0 Å². The van der Waals surface area contributed by atoms with Crippen LogP contribution in [0.4, 0.5) is 0 Å². The number of nitrogens with one attached hydrogen (secondary N) is 1. The second-order valence-electron chi connectivity index (χ2n) is 8.21. The number of benzene rings is 2. The first-order valence-corrected chi connectivity index (χ1v) is 11.8. The SMILES string of the molecule is COc1ccc(C(=O)NCC2CCC(c3nnc(-c4cccs4)o3)CC2)c2ccccc12. The number of methoxy groups -OCH3 is 1. The summed E-state index contributed by atoms with van der Waals surface area (Å²) in [6, 6.07) is 15.5. The number of fused-ring (bicyclic) bond motifs is 1. The molecule has 164 valence electrons. The molecule has 1 fully saturated rings. The zero-order valence-electron chi connectivity index (χ0n) is 17.9. The summed E-state index contributed by atoms with van der Waals surface area (Å²) in [6.07, 6.45) is 4.06. The molecule has 4 aromatic rings. The van der Waals surface area contributed by atoms with Crippen LogP contribution in [0.1, 0.15) is 47.8 Å². The average molecular weight is 448 g/mol. The molecule has 2 aromatic heterocycles. The summed E-state index contributed by atoms with van der Waals surface area (Å²) in [6.45, 7) is 0.677. The average Bonchev–Trinajstić information content (AvgIpc) is 3.54. The summed E-state index contributed by atoms with van der Waals surface area (Å²) in [4.78, 5) is 13.9. The molecule has 1 aliphatic carbocycles. The largest absolute Gasteiger partial charge is 0.496 e. The minimum absolute atomic E-state index is 0.0385. The molecular formula is C25H25N3O3S. The molecule has 5 rings (SSSR count). The number of carbonyl (C=O) groups excluding carboxylic acids is 1. The molecule has 0 spiro atoms. The van der Waals surface area contributed by atoms with E-state index >= 15 is 0 Å². The van der Waals surface area contributed by atoms with Crippen molar-refractivity contribution in [3.8, 4) is 16.5 Å². The van der Waals surface area contributed by atoms with Gasteiger partial charge in [-0.1, -0.05) is 30.3 Å². The Hall–Kier alpha value is -3.19. The lowest BCUT2D eigenvalue weighted by atomic mass is 9.82. The van der Waals surface area contributed by atoms with Crippen LogP contribution in [0.2, 0.25) is 0 Å². The van der Waals surface area contributed by atoms with Gasteiger partial charge < -0.3 is 14.5 Å². The van der Waals surface area contributed by atoms with Gasteiger partial charge in [-0.25, -0.2) is 0 Å². The Balaban J connectivity index is 1.18. The van der Waals surface area contributed by atoms with Crippen molar-refractivity contribution in [1.29, 1.82) is 0 Å².